The zero-order valence-corrected chi connectivity index (χ0v) is 12.4. The highest BCUT2D eigenvalue weighted by molar-refractivity contribution is 5.60. The first-order valence-electron chi connectivity index (χ1n) is 6.91. The quantitative estimate of drug-likeness (QED) is 0.292. The topological polar surface area (TPSA) is 67.2 Å². The minimum atomic E-state index is -0.0438. The summed E-state index contributed by atoms with van der Waals surface area (Å²) >= 11 is 0. The van der Waals surface area contributed by atoms with Gasteiger partial charge in [-0.3, -0.25) is 4.99 Å². The van der Waals surface area contributed by atoms with E-state index in [9.17, 15) is 0 Å². The van der Waals surface area contributed by atoms with Gasteiger partial charge < -0.3 is 20.2 Å². The monoisotopic (exact) mass is 280 g/mol. The van der Waals surface area contributed by atoms with E-state index in [0.717, 1.165) is 37.8 Å². The fourth-order valence-corrected chi connectivity index (χ4v) is 1.60. The second-order valence-electron chi connectivity index (χ2n) is 4.20. The van der Waals surface area contributed by atoms with Gasteiger partial charge >= 0.3 is 0 Å². The van der Waals surface area contributed by atoms with Crippen molar-refractivity contribution in [2.75, 3.05) is 19.8 Å². The maximum Gasteiger partial charge on any atom is 0.130 e. The predicted octanol–water partition coefficient (Wildman–Crippen LogP) is 1.77. The molecule has 1 unspecified atom stereocenters. The van der Waals surface area contributed by atoms with Crippen molar-refractivity contribution in [3.8, 4) is 0 Å². The number of nitrogens with one attached hydrogen (secondary N) is 2. The molecule has 0 aromatic carbocycles. The molecule has 0 aromatic rings. The minimum absolute atomic E-state index is 0.0438. The summed E-state index contributed by atoms with van der Waals surface area (Å²) in [6.45, 7) is 8.06. The number of hydrogen-bond donors (Lipinski definition) is 2. The molecular weight excluding hydrogens is 256 g/mol. The second-order valence-corrected chi connectivity index (χ2v) is 4.20. The molecule has 0 aromatic heterocycles. The summed E-state index contributed by atoms with van der Waals surface area (Å²) in [7, 11) is 0. The van der Waals surface area contributed by atoms with Crippen molar-refractivity contribution < 1.29 is 9.57 Å². The SMILES string of the molecule is C/C=N/O/C(C)=C/C1C=C(NCCCOCC)NC=N1. The minimum Gasteiger partial charge on any atom is -0.382 e. The van der Waals surface area contributed by atoms with Crippen LogP contribution in [-0.2, 0) is 9.57 Å². The van der Waals surface area contributed by atoms with Gasteiger partial charge in [0.05, 0.1) is 12.4 Å². The lowest BCUT2D eigenvalue weighted by molar-refractivity contribution is 0.145. The predicted molar refractivity (Wildman–Crippen MR) is 81.6 cm³/mol. The Labute approximate surface area is 120 Å². The van der Waals surface area contributed by atoms with Crippen LogP contribution >= 0.6 is 0 Å². The van der Waals surface area contributed by atoms with E-state index in [1.165, 1.54) is 0 Å². The van der Waals surface area contributed by atoms with Crippen LogP contribution < -0.4 is 10.6 Å². The van der Waals surface area contributed by atoms with E-state index in [1.54, 1.807) is 19.5 Å². The molecule has 1 aliphatic rings. The maximum absolute atomic E-state index is 5.29. The molecule has 0 radical (unpaired) electrons. The first-order valence-corrected chi connectivity index (χ1v) is 6.91. The number of aliphatic imine (C=N–C) groups is 1. The summed E-state index contributed by atoms with van der Waals surface area (Å²) in [4.78, 5) is 9.42. The first kappa shape index (κ1) is 16.2. The Morgan fingerprint density at radius 3 is 3.20 bits per heavy atom. The first-order chi connectivity index (χ1) is 9.76. The summed E-state index contributed by atoms with van der Waals surface area (Å²) in [5, 5.41) is 10.1. The van der Waals surface area contributed by atoms with Crippen molar-refractivity contribution in [2.45, 2.75) is 33.2 Å². The van der Waals surface area contributed by atoms with Crippen molar-refractivity contribution >= 4 is 12.6 Å². The fourth-order valence-electron chi connectivity index (χ4n) is 1.60. The standard InChI is InChI=1S/C14H24N4O2/c1-4-18-20-12(3)9-13-10-14(17-11-16-13)15-7-6-8-19-5-2/h4,9-11,13,15H,5-8H2,1-3H3,(H,16,17)/b12-9+,18-4+. The highest BCUT2D eigenvalue weighted by Gasteiger charge is 2.07. The van der Waals surface area contributed by atoms with E-state index in [4.69, 9.17) is 9.57 Å². The van der Waals surface area contributed by atoms with Gasteiger partial charge in [-0.1, -0.05) is 5.16 Å². The van der Waals surface area contributed by atoms with Crippen molar-refractivity contribution in [1.29, 1.82) is 0 Å². The summed E-state index contributed by atoms with van der Waals surface area (Å²) in [5.41, 5.74) is 0. The van der Waals surface area contributed by atoms with Gasteiger partial charge in [0.1, 0.15) is 11.6 Å². The number of hydrogen-bond acceptors (Lipinski definition) is 6. The van der Waals surface area contributed by atoms with E-state index in [0.29, 0.717) is 0 Å². The fraction of sp³-hybridized carbons (Fsp3) is 0.571. The number of rotatable bonds is 9. The molecule has 1 atom stereocenters. The summed E-state index contributed by atoms with van der Waals surface area (Å²) in [5.74, 6) is 1.67. The van der Waals surface area contributed by atoms with Gasteiger partial charge in [-0.05, 0) is 39.3 Å². The summed E-state index contributed by atoms with van der Waals surface area (Å²) in [6, 6.07) is -0.0438. The van der Waals surface area contributed by atoms with E-state index in [1.807, 2.05) is 26.0 Å². The smallest absolute Gasteiger partial charge is 0.130 e. The van der Waals surface area contributed by atoms with Crippen molar-refractivity contribution in [1.82, 2.24) is 10.6 Å². The Hall–Kier alpha value is -1.82. The Bertz CT molecular complexity index is 389. The van der Waals surface area contributed by atoms with Gasteiger partial charge in [0.15, 0.2) is 0 Å². The molecule has 20 heavy (non-hydrogen) atoms. The molecule has 0 aliphatic carbocycles. The van der Waals surface area contributed by atoms with Crippen molar-refractivity contribution in [2.24, 2.45) is 10.1 Å². The van der Waals surface area contributed by atoms with E-state index in [2.05, 4.69) is 20.8 Å². The lowest BCUT2D eigenvalue weighted by Gasteiger charge is -2.16. The Balaban J connectivity index is 2.38. The molecule has 112 valence electrons. The van der Waals surface area contributed by atoms with E-state index in [-0.39, 0.29) is 6.04 Å². The average Bonchev–Trinajstić information content (AvgIpc) is 2.45. The van der Waals surface area contributed by atoms with Gasteiger partial charge in [-0.15, -0.1) is 0 Å². The maximum atomic E-state index is 5.29. The molecule has 0 saturated heterocycles. The summed E-state index contributed by atoms with van der Waals surface area (Å²) < 4.78 is 5.29. The number of allylic oxidation sites excluding steroid dienone is 1. The molecule has 0 amide bonds. The van der Waals surface area contributed by atoms with Crippen LogP contribution in [0, 0.1) is 0 Å². The van der Waals surface area contributed by atoms with Gasteiger partial charge in [0.2, 0.25) is 0 Å². The van der Waals surface area contributed by atoms with Crippen LogP contribution in [0.15, 0.2) is 33.9 Å². The number of nitrogens with zero attached hydrogens (tertiary/aromatic N) is 2. The molecule has 1 aliphatic heterocycles. The molecule has 6 heteroatoms. The Kier molecular flexibility index (Phi) is 8.14. The van der Waals surface area contributed by atoms with Crippen LogP contribution in [0.25, 0.3) is 0 Å². The molecule has 0 bridgehead atoms. The van der Waals surface area contributed by atoms with Gasteiger partial charge in [-0.2, -0.15) is 0 Å². The zero-order valence-electron chi connectivity index (χ0n) is 12.4. The lowest BCUT2D eigenvalue weighted by Crippen LogP contribution is -2.31. The van der Waals surface area contributed by atoms with Gasteiger partial charge in [0.25, 0.3) is 0 Å². The highest BCUT2D eigenvalue weighted by atomic mass is 16.6. The van der Waals surface area contributed by atoms with Crippen molar-refractivity contribution in [3.05, 3.63) is 23.7 Å². The van der Waals surface area contributed by atoms with E-state index >= 15 is 0 Å². The lowest BCUT2D eigenvalue weighted by atomic mass is 10.2. The molecule has 1 rings (SSSR count). The van der Waals surface area contributed by atoms with Crippen LogP contribution in [0.5, 0.6) is 0 Å². The van der Waals surface area contributed by atoms with Crippen molar-refractivity contribution in [3.63, 3.8) is 0 Å². The third-order valence-electron chi connectivity index (χ3n) is 2.50. The molecule has 0 spiro atoms. The van der Waals surface area contributed by atoms with E-state index < -0.39 is 0 Å². The Morgan fingerprint density at radius 1 is 1.60 bits per heavy atom. The molecule has 1 heterocycles. The van der Waals surface area contributed by atoms with Gasteiger partial charge in [0, 0.05) is 26.0 Å². The number of ether oxygens (including phenoxy) is 1. The zero-order chi connectivity index (χ0) is 14.6. The third-order valence-corrected chi connectivity index (χ3v) is 2.50. The molecular formula is C14H24N4O2. The van der Waals surface area contributed by atoms with Crippen LogP contribution in [0.4, 0.5) is 0 Å². The molecule has 2 N–H and O–H groups in total. The van der Waals surface area contributed by atoms with Crippen LogP contribution in [0.2, 0.25) is 0 Å². The largest absolute Gasteiger partial charge is 0.382 e. The van der Waals surface area contributed by atoms with Crippen LogP contribution in [0.3, 0.4) is 0 Å². The average molecular weight is 280 g/mol. The Morgan fingerprint density at radius 2 is 2.45 bits per heavy atom. The third kappa shape index (κ3) is 6.94. The van der Waals surface area contributed by atoms with Crippen LogP contribution in [0.1, 0.15) is 27.2 Å². The molecule has 6 nitrogen and oxygen atoms in total. The summed E-state index contributed by atoms with van der Waals surface area (Å²) in [6.07, 6.45) is 8.17. The normalized spacial score (nSPS) is 18.9. The number of oxime groups is 1. The molecule has 0 fully saturated rings. The molecule has 0 saturated carbocycles. The highest BCUT2D eigenvalue weighted by Crippen LogP contribution is 2.07. The van der Waals surface area contributed by atoms with Gasteiger partial charge in [-0.25, -0.2) is 0 Å². The van der Waals surface area contributed by atoms with Crippen LogP contribution in [-0.4, -0.2) is 38.4 Å². The second kappa shape index (κ2) is 10.0.